The molecule has 4 nitrogen and oxygen atoms in total. The molecule has 0 amide bonds. The topological polar surface area (TPSA) is 58.6 Å². The van der Waals surface area contributed by atoms with E-state index in [0.29, 0.717) is 11.1 Å². The summed E-state index contributed by atoms with van der Waals surface area (Å²) in [6.07, 6.45) is 3.09. The van der Waals surface area contributed by atoms with Crippen molar-refractivity contribution in [2.75, 3.05) is 0 Å². The van der Waals surface area contributed by atoms with E-state index < -0.39 is 19.5 Å². The molecule has 38 heavy (non-hydrogen) atoms. The number of fused-ring (bicyclic) bond motifs is 4. The van der Waals surface area contributed by atoms with Gasteiger partial charge in [0.05, 0.1) is 9.79 Å². The third-order valence-electron chi connectivity index (χ3n) is 5.72. The van der Waals surface area contributed by atoms with Crippen molar-refractivity contribution in [3.63, 3.8) is 0 Å². The van der Waals surface area contributed by atoms with Gasteiger partial charge in [-0.15, -0.1) is 0 Å². The van der Waals surface area contributed by atoms with Crippen LogP contribution in [0.3, 0.4) is 0 Å². The van der Waals surface area contributed by atoms with Gasteiger partial charge in [-0.2, -0.15) is 0 Å². The third kappa shape index (κ3) is 5.40. The zero-order valence-corrected chi connectivity index (χ0v) is 24.4. The van der Waals surface area contributed by atoms with Crippen molar-refractivity contribution in [1.29, 1.82) is 0 Å². The van der Waals surface area contributed by atoms with E-state index in [1.165, 1.54) is 47.8 Å². The Morgan fingerprint density at radius 1 is 0.632 bits per heavy atom. The van der Waals surface area contributed by atoms with Gasteiger partial charge >= 0.3 is 37.4 Å². The van der Waals surface area contributed by atoms with Gasteiger partial charge < -0.3 is 13.9 Å². The van der Waals surface area contributed by atoms with Gasteiger partial charge in [0, 0.05) is 20.9 Å². The van der Waals surface area contributed by atoms with E-state index in [2.05, 4.69) is 0 Å². The van der Waals surface area contributed by atoms with Crippen molar-refractivity contribution < 1.29 is 56.8 Å². The second kappa shape index (κ2) is 11.1. The maximum absolute atomic E-state index is 14.8. The number of rotatable bonds is 4. The minimum atomic E-state index is -5.08. The Labute approximate surface area is 248 Å². The van der Waals surface area contributed by atoms with E-state index in [-0.39, 0.29) is 62.0 Å². The summed E-state index contributed by atoms with van der Waals surface area (Å²) in [5, 5.41) is 0. The molecule has 0 saturated carbocycles. The molecule has 0 unspecified atom stereocenters. The Balaban J connectivity index is 0.00000294. The summed E-state index contributed by atoms with van der Waals surface area (Å²) in [5.41, 5.74) is 1.90. The van der Waals surface area contributed by atoms with Crippen molar-refractivity contribution in [1.82, 2.24) is 0 Å². The van der Waals surface area contributed by atoms with Crippen LogP contribution in [0.15, 0.2) is 105 Å². The maximum Gasteiger partial charge on any atom is 1.00 e. The van der Waals surface area contributed by atoms with E-state index >= 15 is 0 Å². The number of hydrogen-bond donors (Lipinski definition) is 0. The molecule has 2 aliphatic heterocycles. The molecule has 6 rings (SSSR count). The fourth-order valence-electron chi connectivity index (χ4n) is 4.07. The number of benzene rings is 4. The zero-order valence-electron chi connectivity index (χ0n) is 19.9. The number of phosphoric ester groups is 1. The van der Waals surface area contributed by atoms with Crippen molar-refractivity contribution in [2.24, 2.45) is 0 Å². The van der Waals surface area contributed by atoms with Gasteiger partial charge in [-0.05, 0) is 59.7 Å². The molecule has 10 heteroatoms. The molecule has 0 N–H and O–H groups in total. The predicted octanol–water partition coefficient (Wildman–Crippen LogP) is 5.10. The predicted molar refractivity (Wildman–Crippen MR) is 139 cm³/mol. The summed E-state index contributed by atoms with van der Waals surface area (Å²) in [7, 11) is -5.08. The maximum atomic E-state index is 14.8. The zero-order chi connectivity index (χ0) is 25.6. The first-order valence-corrected chi connectivity index (χ1v) is 14.2. The Bertz CT molecular complexity index is 1560. The van der Waals surface area contributed by atoms with Crippen molar-refractivity contribution >= 4 is 55.0 Å². The first-order chi connectivity index (χ1) is 17.9. The Morgan fingerprint density at radius 2 is 1.05 bits per heavy atom. The van der Waals surface area contributed by atoms with E-state index in [4.69, 9.17) is 9.05 Å². The van der Waals surface area contributed by atoms with Gasteiger partial charge in [0.25, 0.3) is 0 Å². The SMILES string of the molecule is O=P([O-])(OC1=Cc2ccccc2Sc2c(F)cccc21)OC1=Cc2ccccc2Sc2c(F)cccc21.[Na+]. The van der Waals surface area contributed by atoms with E-state index in [1.807, 2.05) is 24.3 Å². The van der Waals surface area contributed by atoms with Gasteiger partial charge in [-0.3, -0.25) is 0 Å². The van der Waals surface area contributed by atoms with Gasteiger partial charge in [-0.25, -0.2) is 13.3 Å². The number of phosphoric acid groups is 1. The average molecular weight is 573 g/mol. The van der Waals surface area contributed by atoms with E-state index in [0.717, 1.165) is 9.79 Å². The van der Waals surface area contributed by atoms with Gasteiger partial charge in [0.1, 0.15) is 23.2 Å². The number of hydrogen-bond acceptors (Lipinski definition) is 6. The second-order valence-electron chi connectivity index (χ2n) is 8.16. The fourth-order valence-corrected chi connectivity index (χ4v) is 7.00. The molecular weight excluding hydrogens is 556 g/mol. The quantitative estimate of drug-likeness (QED) is 0.251. The molecular formula is C28H16F2NaO4PS2. The molecule has 0 radical (unpaired) electrons. The fraction of sp³-hybridized carbons (Fsp3) is 0. The molecule has 2 heterocycles. The molecule has 0 aliphatic carbocycles. The Hall–Kier alpha value is -2.29. The first kappa shape index (κ1) is 27.3. The molecule has 2 aliphatic rings. The largest absolute Gasteiger partial charge is 1.00 e. The van der Waals surface area contributed by atoms with E-state index in [9.17, 15) is 18.2 Å². The van der Waals surface area contributed by atoms with Gasteiger partial charge in [0.2, 0.25) is 0 Å². The van der Waals surface area contributed by atoms with Crippen LogP contribution in [0.2, 0.25) is 0 Å². The van der Waals surface area contributed by atoms with Crippen LogP contribution in [0.5, 0.6) is 0 Å². The number of halogens is 2. The molecule has 4 aromatic rings. The molecule has 0 fully saturated rings. The summed E-state index contributed by atoms with van der Waals surface area (Å²) in [5.74, 6) is -1.15. The third-order valence-corrected chi connectivity index (χ3v) is 8.98. The summed E-state index contributed by atoms with van der Waals surface area (Å²) in [4.78, 5) is 15.3. The molecule has 184 valence electrons. The van der Waals surface area contributed by atoms with Crippen LogP contribution in [0, 0.1) is 11.6 Å². The second-order valence-corrected chi connectivity index (χ2v) is 11.5. The van der Waals surface area contributed by atoms with Gasteiger partial charge in [0.15, 0.2) is 0 Å². The summed E-state index contributed by atoms with van der Waals surface area (Å²) in [6.45, 7) is 0. The van der Waals surface area contributed by atoms with Crippen molar-refractivity contribution in [3.05, 3.63) is 119 Å². The smallest absolute Gasteiger partial charge is 0.736 e. The van der Waals surface area contributed by atoms with Crippen molar-refractivity contribution in [2.45, 2.75) is 19.6 Å². The molecule has 0 spiro atoms. The van der Waals surface area contributed by atoms with Crippen LogP contribution in [-0.2, 0) is 13.6 Å². The van der Waals surface area contributed by atoms with Gasteiger partial charge in [-0.1, -0.05) is 72.1 Å². The average Bonchev–Trinajstić information content (AvgIpc) is 3.13. The normalized spacial score (nSPS) is 13.7. The van der Waals surface area contributed by atoms with Crippen LogP contribution in [0.1, 0.15) is 22.3 Å². The summed E-state index contributed by atoms with van der Waals surface area (Å²) < 4.78 is 53.9. The standard InChI is InChI=1S/C28H17F2O4PS2.Na/c29-21-11-5-9-19-23(15-17-7-1-3-13-25(17)36-27(19)21)33-35(31,32)34-24-16-18-8-2-4-14-26(18)37-28-20(24)10-6-12-22(28)30;/h1-16H,(H,31,32);/q;+1/p-1. The minimum absolute atomic E-state index is 0. The van der Waals surface area contributed by atoms with Crippen LogP contribution in [-0.4, -0.2) is 0 Å². The summed E-state index contributed by atoms with van der Waals surface area (Å²) >= 11 is 2.37. The van der Waals surface area contributed by atoms with Crippen LogP contribution in [0.4, 0.5) is 8.78 Å². The Morgan fingerprint density at radius 3 is 1.50 bits per heavy atom. The summed E-state index contributed by atoms with van der Waals surface area (Å²) in [6, 6.07) is 23.2. The molecule has 0 atom stereocenters. The molecule has 0 saturated heterocycles. The molecule has 0 aromatic heterocycles. The molecule has 4 aromatic carbocycles. The van der Waals surface area contributed by atoms with Crippen molar-refractivity contribution in [3.8, 4) is 0 Å². The monoisotopic (exact) mass is 572 g/mol. The Kier molecular flexibility index (Phi) is 7.94. The van der Waals surface area contributed by atoms with Crippen LogP contribution in [0.25, 0.3) is 23.7 Å². The van der Waals surface area contributed by atoms with Crippen LogP contribution >= 0.6 is 31.3 Å². The minimum Gasteiger partial charge on any atom is -0.736 e. The first-order valence-electron chi connectivity index (χ1n) is 11.1. The van der Waals surface area contributed by atoms with E-state index in [1.54, 1.807) is 48.6 Å². The molecule has 0 bridgehead atoms. The van der Waals surface area contributed by atoms with Crippen LogP contribution < -0.4 is 34.5 Å².